The van der Waals surface area contributed by atoms with Crippen molar-refractivity contribution in [2.24, 2.45) is 5.73 Å². The fourth-order valence-corrected chi connectivity index (χ4v) is 4.22. The Morgan fingerprint density at radius 2 is 2.45 bits per heavy atom. The number of aromatic amines is 1. The van der Waals surface area contributed by atoms with Crippen molar-refractivity contribution in [3.63, 3.8) is 0 Å². The van der Waals surface area contributed by atoms with Gasteiger partial charge < -0.3 is 10.8 Å². The molecule has 106 valence electrons. The van der Waals surface area contributed by atoms with Crippen LogP contribution in [0.4, 0.5) is 0 Å². The van der Waals surface area contributed by atoms with E-state index in [1.165, 1.54) is 28.4 Å². The van der Waals surface area contributed by atoms with Crippen LogP contribution in [0.3, 0.4) is 0 Å². The quantitative estimate of drug-likeness (QED) is 0.465. The van der Waals surface area contributed by atoms with Gasteiger partial charge in [-0.25, -0.2) is 4.79 Å². The van der Waals surface area contributed by atoms with Crippen molar-refractivity contribution in [2.75, 3.05) is 11.5 Å². The molecule has 11 heteroatoms. The Balaban J connectivity index is 1.82. The van der Waals surface area contributed by atoms with Crippen molar-refractivity contribution in [1.29, 1.82) is 0 Å². The second-order valence-corrected chi connectivity index (χ2v) is 6.22. The minimum atomic E-state index is -1.11. The highest BCUT2D eigenvalue weighted by atomic mass is 32.2. The number of hydrogen-bond donors (Lipinski definition) is 3. The number of aromatic nitrogens is 4. The van der Waals surface area contributed by atoms with Gasteiger partial charge in [0.1, 0.15) is 17.1 Å². The first kappa shape index (κ1) is 13.4. The highest BCUT2D eigenvalue weighted by Gasteiger charge is 2.51. The Labute approximate surface area is 121 Å². The van der Waals surface area contributed by atoms with E-state index in [-0.39, 0.29) is 17.0 Å². The molecule has 3 rings (SSSR count). The molecule has 0 aliphatic carbocycles. The van der Waals surface area contributed by atoms with Crippen LogP contribution in [0.1, 0.15) is 0 Å². The molecule has 2 aliphatic rings. The predicted molar refractivity (Wildman–Crippen MR) is 70.6 cm³/mol. The van der Waals surface area contributed by atoms with Gasteiger partial charge in [-0.2, -0.15) is 5.21 Å². The number of nitrogens with one attached hydrogen (secondary N) is 1. The first-order valence-corrected chi connectivity index (χ1v) is 7.65. The number of aliphatic carboxylic acids is 1. The van der Waals surface area contributed by atoms with Gasteiger partial charge >= 0.3 is 5.97 Å². The third-order valence-corrected chi connectivity index (χ3v) is 5.28. The maximum absolute atomic E-state index is 11.7. The average Bonchev–Trinajstić information content (AvgIpc) is 2.96. The lowest BCUT2D eigenvalue weighted by Crippen LogP contribution is -2.68. The van der Waals surface area contributed by atoms with E-state index in [1.54, 1.807) is 0 Å². The van der Waals surface area contributed by atoms with E-state index in [0.717, 1.165) is 0 Å². The van der Waals surface area contributed by atoms with Crippen LogP contribution in [0.25, 0.3) is 0 Å². The summed E-state index contributed by atoms with van der Waals surface area (Å²) < 4.78 is 0. The van der Waals surface area contributed by atoms with Crippen molar-refractivity contribution in [3.05, 3.63) is 11.3 Å². The third kappa shape index (κ3) is 2.07. The molecule has 0 bridgehead atoms. The number of nitrogens with two attached hydrogens (primary N) is 1. The smallest absolute Gasteiger partial charge is 0.352 e. The number of carbonyl (C=O) groups is 2. The molecular formula is C9H10N6O3S2. The van der Waals surface area contributed by atoms with E-state index in [2.05, 4.69) is 20.6 Å². The zero-order chi connectivity index (χ0) is 14.3. The summed E-state index contributed by atoms with van der Waals surface area (Å²) in [6, 6.07) is -0.610. The van der Waals surface area contributed by atoms with Gasteiger partial charge in [-0.1, -0.05) is 11.8 Å². The number of β-lactam (4-membered cyclic amide) rings is 1. The molecule has 2 aliphatic heterocycles. The second kappa shape index (κ2) is 5.07. The molecule has 1 aromatic heterocycles. The molecule has 1 saturated heterocycles. The molecular weight excluding hydrogens is 304 g/mol. The van der Waals surface area contributed by atoms with Crippen LogP contribution in [-0.4, -0.2) is 65.4 Å². The lowest BCUT2D eigenvalue weighted by Gasteiger charge is -2.48. The number of tetrazole rings is 1. The number of hydrogen-bond acceptors (Lipinski definition) is 8. The molecule has 3 heterocycles. The summed E-state index contributed by atoms with van der Waals surface area (Å²) in [5.74, 6) is -0.546. The monoisotopic (exact) mass is 314 g/mol. The van der Waals surface area contributed by atoms with Crippen LogP contribution in [-0.2, 0) is 9.59 Å². The first-order valence-electron chi connectivity index (χ1n) is 5.61. The van der Waals surface area contributed by atoms with Gasteiger partial charge in [-0.15, -0.1) is 22.0 Å². The molecule has 0 radical (unpaired) electrons. The van der Waals surface area contributed by atoms with E-state index in [9.17, 15) is 14.7 Å². The molecule has 0 saturated carbocycles. The molecule has 20 heavy (non-hydrogen) atoms. The lowest BCUT2D eigenvalue weighted by atomic mass is 10.0. The third-order valence-electron chi connectivity index (χ3n) is 2.99. The highest BCUT2D eigenvalue weighted by molar-refractivity contribution is 8.01. The molecule has 0 aromatic carbocycles. The van der Waals surface area contributed by atoms with Crippen LogP contribution in [0.2, 0.25) is 0 Å². The number of carboxylic acids is 1. The number of amides is 1. The summed E-state index contributed by atoms with van der Waals surface area (Å²) in [5.41, 5.74) is 6.37. The highest BCUT2D eigenvalue weighted by Crippen LogP contribution is 2.40. The largest absolute Gasteiger partial charge is 0.477 e. The van der Waals surface area contributed by atoms with E-state index in [0.29, 0.717) is 22.2 Å². The molecule has 0 spiro atoms. The van der Waals surface area contributed by atoms with Crippen molar-refractivity contribution >= 4 is 35.4 Å². The molecule has 2 atom stereocenters. The van der Waals surface area contributed by atoms with Crippen LogP contribution in [0.5, 0.6) is 0 Å². The standard InChI is InChI=1S/C9H10N6O3S2/c10-4-6(16)15-5(8(17)18)3(1-19-7(4)15)2-20-9-11-13-14-12-9/h4,7H,1-2,10H2,(H,17,18)(H,11,12,13,14)/t4-,7+/m1/s1. The molecule has 1 aromatic rings. The van der Waals surface area contributed by atoms with Crippen molar-refractivity contribution in [3.8, 4) is 0 Å². The fourth-order valence-electron chi connectivity index (χ4n) is 2.06. The Bertz CT molecular complexity index is 589. The molecule has 1 amide bonds. The van der Waals surface area contributed by atoms with Crippen LogP contribution in [0, 0.1) is 0 Å². The van der Waals surface area contributed by atoms with Crippen molar-refractivity contribution in [2.45, 2.75) is 16.6 Å². The van der Waals surface area contributed by atoms with E-state index >= 15 is 0 Å². The zero-order valence-corrected chi connectivity index (χ0v) is 11.6. The topological polar surface area (TPSA) is 138 Å². The van der Waals surface area contributed by atoms with E-state index in [4.69, 9.17) is 5.73 Å². The van der Waals surface area contributed by atoms with E-state index in [1.807, 2.05) is 0 Å². The van der Waals surface area contributed by atoms with Gasteiger partial charge in [0.2, 0.25) is 11.1 Å². The summed E-state index contributed by atoms with van der Waals surface area (Å²) in [5, 5.41) is 22.8. The first-order chi connectivity index (χ1) is 9.59. The Hall–Kier alpha value is -1.59. The van der Waals surface area contributed by atoms with Gasteiger partial charge in [0.25, 0.3) is 0 Å². The number of thioether (sulfide) groups is 2. The average molecular weight is 314 g/mol. The van der Waals surface area contributed by atoms with Crippen LogP contribution in [0.15, 0.2) is 16.4 Å². The number of carbonyl (C=O) groups excluding carboxylic acids is 1. The number of fused-ring (bicyclic) bond motifs is 1. The Morgan fingerprint density at radius 1 is 1.65 bits per heavy atom. The summed E-state index contributed by atoms with van der Waals surface area (Å²) in [7, 11) is 0. The number of rotatable bonds is 4. The maximum Gasteiger partial charge on any atom is 0.352 e. The van der Waals surface area contributed by atoms with Gasteiger partial charge in [-0.05, 0) is 10.8 Å². The van der Waals surface area contributed by atoms with E-state index < -0.39 is 12.0 Å². The van der Waals surface area contributed by atoms with Gasteiger partial charge in [0.15, 0.2) is 0 Å². The number of H-pyrrole nitrogens is 1. The fraction of sp³-hybridized carbons (Fsp3) is 0.444. The SMILES string of the molecule is N[C@@H]1C(=O)N2C(C(=O)O)=C(CSc3nn[nH]n3)CS[C@@H]12. The summed E-state index contributed by atoms with van der Waals surface area (Å²) in [6.07, 6.45) is 0. The maximum atomic E-state index is 11.7. The van der Waals surface area contributed by atoms with Gasteiger partial charge in [-0.3, -0.25) is 9.69 Å². The predicted octanol–water partition coefficient (Wildman–Crippen LogP) is -1.13. The minimum Gasteiger partial charge on any atom is -0.477 e. The van der Waals surface area contributed by atoms with Crippen molar-refractivity contribution in [1.82, 2.24) is 25.5 Å². The number of nitrogens with zero attached hydrogens (tertiary/aromatic N) is 4. The normalized spacial score (nSPS) is 25.4. The molecule has 9 nitrogen and oxygen atoms in total. The number of carboxylic acid groups (broad SMARTS) is 1. The second-order valence-electron chi connectivity index (χ2n) is 4.18. The van der Waals surface area contributed by atoms with Crippen molar-refractivity contribution < 1.29 is 14.7 Å². The Morgan fingerprint density at radius 3 is 3.10 bits per heavy atom. The van der Waals surface area contributed by atoms with Crippen LogP contribution >= 0.6 is 23.5 Å². The minimum absolute atomic E-state index is 0.0384. The van der Waals surface area contributed by atoms with Gasteiger partial charge in [0, 0.05) is 11.5 Å². The zero-order valence-electron chi connectivity index (χ0n) is 10.0. The summed E-state index contributed by atoms with van der Waals surface area (Å²) >= 11 is 2.74. The van der Waals surface area contributed by atoms with Gasteiger partial charge in [0.05, 0.1) is 0 Å². The summed E-state index contributed by atoms with van der Waals surface area (Å²) in [6.45, 7) is 0. The summed E-state index contributed by atoms with van der Waals surface area (Å²) in [4.78, 5) is 24.4. The molecule has 1 fully saturated rings. The molecule has 4 N–H and O–H groups in total. The van der Waals surface area contributed by atoms with Crippen LogP contribution < -0.4 is 5.73 Å². The Kier molecular flexibility index (Phi) is 3.40. The lowest BCUT2D eigenvalue weighted by molar-refractivity contribution is -0.147. The molecule has 0 unspecified atom stereocenters.